The van der Waals surface area contributed by atoms with Gasteiger partial charge in [-0.2, -0.15) is 0 Å². The van der Waals surface area contributed by atoms with Gasteiger partial charge in [0.25, 0.3) is 0 Å². The summed E-state index contributed by atoms with van der Waals surface area (Å²) in [5.41, 5.74) is 5.68. The van der Waals surface area contributed by atoms with Gasteiger partial charge in [-0.1, -0.05) is 78.9 Å². The molecular weight excluding hydrogens is 354 g/mol. The van der Waals surface area contributed by atoms with Crippen molar-refractivity contribution in [3.63, 3.8) is 0 Å². The van der Waals surface area contributed by atoms with E-state index >= 15 is 0 Å². The fourth-order valence-corrected chi connectivity index (χ4v) is 3.31. The first kappa shape index (κ1) is 18.6. The van der Waals surface area contributed by atoms with Crippen molar-refractivity contribution in [2.45, 2.75) is 0 Å². The van der Waals surface area contributed by atoms with Gasteiger partial charge >= 0.3 is 0 Å². The highest BCUT2D eigenvalue weighted by atomic mass is 16.5. The van der Waals surface area contributed by atoms with Crippen LogP contribution < -0.4 is 9.64 Å². The number of rotatable bonds is 6. The van der Waals surface area contributed by atoms with Crippen LogP contribution in [0.25, 0.3) is 5.57 Å². The van der Waals surface area contributed by atoms with Gasteiger partial charge < -0.3 is 9.64 Å². The molecule has 0 saturated carbocycles. The van der Waals surface area contributed by atoms with Crippen molar-refractivity contribution < 1.29 is 4.74 Å². The molecule has 0 aliphatic rings. The first-order chi connectivity index (χ1) is 14.3. The summed E-state index contributed by atoms with van der Waals surface area (Å²) in [4.78, 5) is 2.22. The van der Waals surface area contributed by atoms with Crippen LogP contribution in [0.2, 0.25) is 0 Å². The van der Waals surface area contributed by atoms with Crippen LogP contribution in [0.3, 0.4) is 0 Å². The molecule has 29 heavy (non-hydrogen) atoms. The maximum atomic E-state index is 5.34. The third-order valence-corrected chi connectivity index (χ3v) is 4.81. The lowest BCUT2D eigenvalue weighted by atomic mass is 9.98. The van der Waals surface area contributed by atoms with E-state index in [0.29, 0.717) is 0 Å². The first-order valence-electron chi connectivity index (χ1n) is 9.66. The maximum Gasteiger partial charge on any atom is 0.119 e. The molecule has 4 aromatic rings. The summed E-state index contributed by atoms with van der Waals surface area (Å²) in [6, 6.07) is 39.5. The minimum atomic E-state index is 0.845. The van der Waals surface area contributed by atoms with Crippen LogP contribution >= 0.6 is 0 Å². The monoisotopic (exact) mass is 377 g/mol. The van der Waals surface area contributed by atoms with Crippen LogP contribution in [0.4, 0.5) is 11.4 Å². The lowest BCUT2D eigenvalue weighted by Gasteiger charge is -2.23. The van der Waals surface area contributed by atoms with Gasteiger partial charge in [0, 0.05) is 23.1 Å². The van der Waals surface area contributed by atoms with Crippen molar-refractivity contribution in [2.75, 3.05) is 12.0 Å². The van der Waals surface area contributed by atoms with E-state index in [2.05, 4.69) is 96.0 Å². The van der Waals surface area contributed by atoms with E-state index < -0.39 is 0 Å². The lowest BCUT2D eigenvalue weighted by Crippen LogP contribution is -2.10. The van der Waals surface area contributed by atoms with E-state index in [-0.39, 0.29) is 0 Å². The van der Waals surface area contributed by atoms with Gasteiger partial charge in [0.1, 0.15) is 5.75 Å². The molecule has 0 bridgehead atoms. The third kappa shape index (κ3) is 4.39. The average Bonchev–Trinajstić information content (AvgIpc) is 2.82. The fraction of sp³-hybridized carbons (Fsp3) is 0.0370. The maximum absolute atomic E-state index is 5.34. The molecule has 2 heteroatoms. The molecule has 0 spiro atoms. The summed E-state index contributed by atoms with van der Waals surface area (Å²) < 4.78 is 5.34. The molecule has 0 radical (unpaired) electrons. The van der Waals surface area contributed by atoms with E-state index in [1.165, 1.54) is 11.1 Å². The Labute approximate surface area is 172 Å². The van der Waals surface area contributed by atoms with Crippen molar-refractivity contribution in [3.8, 4) is 5.75 Å². The van der Waals surface area contributed by atoms with Gasteiger partial charge in [0.2, 0.25) is 0 Å². The normalized spacial score (nSPS) is 10.2. The fourth-order valence-electron chi connectivity index (χ4n) is 3.31. The molecule has 0 atom stereocenters. The van der Waals surface area contributed by atoms with Crippen LogP contribution in [0.1, 0.15) is 11.1 Å². The molecule has 4 aromatic carbocycles. The second-order valence-electron chi connectivity index (χ2n) is 6.68. The Morgan fingerprint density at radius 2 is 1.03 bits per heavy atom. The van der Waals surface area contributed by atoms with E-state index in [1.807, 2.05) is 30.3 Å². The summed E-state index contributed by atoms with van der Waals surface area (Å²) >= 11 is 0. The van der Waals surface area contributed by atoms with E-state index in [1.54, 1.807) is 7.11 Å². The van der Waals surface area contributed by atoms with Gasteiger partial charge in [-0.05, 0) is 47.5 Å². The highest BCUT2D eigenvalue weighted by Gasteiger charge is 2.11. The number of hydrogen-bond donors (Lipinski definition) is 0. The zero-order chi connectivity index (χ0) is 19.9. The standard InChI is InChI=1S/C27H23NO/c1-29-26-19-17-25(18-20-26)28(24-15-9-4-10-16-24)21-27(22-11-5-2-6-12-22)23-13-7-3-8-14-23/h2-21H,1H3. The number of para-hydroxylation sites is 1. The molecular formula is C27H23NO. The quantitative estimate of drug-likeness (QED) is 0.361. The summed E-state index contributed by atoms with van der Waals surface area (Å²) in [5, 5.41) is 0. The summed E-state index contributed by atoms with van der Waals surface area (Å²) in [6.45, 7) is 0. The Morgan fingerprint density at radius 1 is 0.586 bits per heavy atom. The van der Waals surface area contributed by atoms with Crippen LogP contribution in [0.5, 0.6) is 5.75 Å². The lowest BCUT2D eigenvalue weighted by molar-refractivity contribution is 0.415. The summed E-state index contributed by atoms with van der Waals surface area (Å²) in [5.74, 6) is 0.845. The van der Waals surface area contributed by atoms with Crippen molar-refractivity contribution in [1.82, 2.24) is 0 Å². The van der Waals surface area contributed by atoms with Gasteiger partial charge in [0.05, 0.1) is 7.11 Å². The molecule has 4 rings (SSSR count). The Bertz CT molecular complexity index is 1010. The number of methoxy groups -OCH3 is 1. The van der Waals surface area contributed by atoms with Crippen LogP contribution in [0.15, 0.2) is 121 Å². The SMILES string of the molecule is COc1ccc(N(C=C(c2ccccc2)c2ccccc2)c2ccccc2)cc1. The minimum absolute atomic E-state index is 0.845. The molecule has 0 amide bonds. The highest BCUT2D eigenvalue weighted by Crippen LogP contribution is 2.32. The average molecular weight is 377 g/mol. The predicted molar refractivity (Wildman–Crippen MR) is 122 cm³/mol. The summed E-state index contributed by atoms with van der Waals surface area (Å²) in [7, 11) is 1.69. The molecule has 142 valence electrons. The first-order valence-corrected chi connectivity index (χ1v) is 9.66. The van der Waals surface area contributed by atoms with Gasteiger partial charge in [-0.15, -0.1) is 0 Å². The van der Waals surface area contributed by atoms with Crippen molar-refractivity contribution >= 4 is 16.9 Å². The zero-order valence-corrected chi connectivity index (χ0v) is 16.4. The number of nitrogens with zero attached hydrogens (tertiary/aromatic N) is 1. The van der Waals surface area contributed by atoms with Crippen LogP contribution in [-0.4, -0.2) is 7.11 Å². The smallest absolute Gasteiger partial charge is 0.119 e. The third-order valence-electron chi connectivity index (χ3n) is 4.81. The largest absolute Gasteiger partial charge is 0.497 e. The number of ether oxygens (including phenoxy) is 1. The van der Waals surface area contributed by atoms with Crippen LogP contribution in [0, 0.1) is 0 Å². The molecule has 0 aliphatic heterocycles. The van der Waals surface area contributed by atoms with Crippen molar-refractivity contribution in [2.24, 2.45) is 0 Å². The number of anilines is 2. The van der Waals surface area contributed by atoms with Crippen molar-refractivity contribution in [3.05, 3.63) is 133 Å². The molecule has 0 aliphatic carbocycles. The van der Waals surface area contributed by atoms with Crippen LogP contribution in [-0.2, 0) is 0 Å². The Hall–Kier alpha value is -3.78. The van der Waals surface area contributed by atoms with E-state index in [9.17, 15) is 0 Å². The molecule has 0 fully saturated rings. The highest BCUT2D eigenvalue weighted by molar-refractivity contribution is 5.83. The van der Waals surface area contributed by atoms with E-state index in [4.69, 9.17) is 4.74 Å². The molecule has 0 N–H and O–H groups in total. The topological polar surface area (TPSA) is 12.5 Å². The number of hydrogen-bond acceptors (Lipinski definition) is 2. The molecule has 2 nitrogen and oxygen atoms in total. The Balaban J connectivity index is 1.88. The number of benzene rings is 4. The predicted octanol–water partition coefficient (Wildman–Crippen LogP) is 6.92. The Morgan fingerprint density at radius 3 is 1.52 bits per heavy atom. The second-order valence-corrected chi connectivity index (χ2v) is 6.68. The zero-order valence-electron chi connectivity index (χ0n) is 16.4. The molecule has 0 saturated heterocycles. The van der Waals surface area contributed by atoms with E-state index in [0.717, 1.165) is 22.7 Å². The second kappa shape index (κ2) is 8.94. The molecule has 0 heterocycles. The van der Waals surface area contributed by atoms with Gasteiger partial charge in [0.15, 0.2) is 0 Å². The minimum Gasteiger partial charge on any atom is -0.497 e. The molecule has 0 aromatic heterocycles. The van der Waals surface area contributed by atoms with Crippen molar-refractivity contribution in [1.29, 1.82) is 0 Å². The molecule has 0 unspecified atom stereocenters. The Kier molecular flexibility index (Phi) is 5.73. The van der Waals surface area contributed by atoms with Gasteiger partial charge in [-0.25, -0.2) is 0 Å². The summed E-state index contributed by atoms with van der Waals surface area (Å²) in [6.07, 6.45) is 2.21. The van der Waals surface area contributed by atoms with Gasteiger partial charge in [-0.3, -0.25) is 0 Å².